The zero-order valence-electron chi connectivity index (χ0n) is 19.3. The number of ether oxygens (including phenoxy) is 1. The number of aromatic amines is 1. The van der Waals surface area contributed by atoms with E-state index >= 15 is 0 Å². The van der Waals surface area contributed by atoms with Gasteiger partial charge in [0.15, 0.2) is 0 Å². The summed E-state index contributed by atoms with van der Waals surface area (Å²) in [6, 6.07) is 8.92. The molecule has 3 aliphatic rings. The third kappa shape index (κ3) is 4.30. The number of carbonyl (C=O) groups is 1. The fourth-order valence-electron chi connectivity index (χ4n) is 6.60. The monoisotopic (exact) mass is 473 g/mol. The maximum atomic E-state index is 13.1. The lowest BCUT2D eigenvalue weighted by molar-refractivity contribution is -0.145. The summed E-state index contributed by atoms with van der Waals surface area (Å²) in [5.74, 6) is 0.595. The average molecular weight is 474 g/mol. The fraction of sp³-hybridized carbons (Fsp3) is 0.519. The van der Waals surface area contributed by atoms with Gasteiger partial charge in [0.2, 0.25) is 0 Å². The van der Waals surface area contributed by atoms with Crippen molar-refractivity contribution in [2.45, 2.75) is 57.4 Å². The highest BCUT2D eigenvalue weighted by molar-refractivity contribution is 5.75. The highest BCUT2D eigenvalue weighted by Crippen LogP contribution is 2.55. The third-order valence-corrected chi connectivity index (χ3v) is 8.14. The van der Waals surface area contributed by atoms with E-state index in [1.807, 2.05) is 26.0 Å². The van der Waals surface area contributed by atoms with Crippen molar-refractivity contribution in [1.82, 2.24) is 4.98 Å². The molecule has 2 unspecified atom stereocenters. The molecule has 1 aromatic carbocycles. The van der Waals surface area contributed by atoms with E-state index in [9.17, 15) is 23.1 Å². The SMILES string of the molecule is C[C@H]1OC(=O)[C@@H]2C[C@@H]3C[C@@](C)(O)CCC3C(/C=C/c3ccc(-c4cccc(C(F)(F)F)c4)[nH]3)[C@H]12. The number of alkyl halides is 3. The summed E-state index contributed by atoms with van der Waals surface area (Å²) in [5.41, 5.74) is 0.517. The first-order valence-electron chi connectivity index (χ1n) is 12.0. The standard InChI is InChI=1S/C27H30F3NO3/c1-15-24-21(20-10-11-26(2,33)14-17(20)13-22(24)25(32)34-15)8-6-19-7-9-23(31-19)16-4-3-5-18(12-16)27(28,29)30/h3-9,12,15,17,20-22,24,31,33H,10-11,13-14H2,1-2H3/b8-6+/t15-,17-,20?,21?,22-,24+,26+/m1/s1. The van der Waals surface area contributed by atoms with Gasteiger partial charge in [0.1, 0.15) is 6.10 Å². The van der Waals surface area contributed by atoms with E-state index in [0.717, 1.165) is 37.1 Å². The number of hydrogen-bond acceptors (Lipinski definition) is 3. The first kappa shape index (κ1) is 23.2. The van der Waals surface area contributed by atoms with Gasteiger partial charge in [-0.05, 0) is 93.2 Å². The van der Waals surface area contributed by atoms with E-state index in [1.54, 1.807) is 12.1 Å². The molecule has 4 nitrogen and oxygen atoms in total. The number of benzene rings is 1. The molecule has 1 aromatic heterocycles. The van der Waals surface area contributed by atoms with Gasteiger partial charge in [-0.1, -0.05) is 18.2 Å². The Bertz CT molecular complexity index is 1100. The Morgan fingerprint density at radius 3 is 2.79 bits per heavy atom. The van der Waals surface area contributed by atoms with Gasteiger partial charge in [0, 0.05) is 17.3 Å². The Morgan fingerprint density at radius 2 is 2.03 bits per heavy atom. The van der Waals surface area contributed by atoms with Crippen LogP contribution in [0.5, 0.6) is 0 Å². The van der Waals surface area contributed by atoms with Crippen LogP contribution in [-0.4, -0.2) is 27.8 Å². The van der Waals surface area contributed by atoms with Crippen molar-refractivity contribution in [3.8, 4) is 11.3 Å². The highest BCUT2D eigenvalue weighted by atomic mass is 19.4. The molecule has 34 heavy (non-hydrogen) atoms. The Kier molecular flexibility index (Phi) is 5.66. The number of hydrogen-bond donors (Lipinski definition) is 2. The minimum Gasteiger partial charge on any atom is -0.462 e. The molecule has 0 amide bonds. The number of H-pyrrole nitrogens is 1. The highest BCUT2D eigenvalue weighted by Gasteiger charge is 2.55. The molecule has 182 valence electrons. The van der Waals surface area contributed by atoms with Gasteiger partial charge in [0.25, 0.3) is 0 Å². The number of esters is 1. The van der Waals surface area contributed by atoms with Gasteiger partial charge in [-0.2, -0.15) is 13.2 Å². The lowest BCUT2D eigenvalue weighted by atomic mass is 9.55. The van der Waals surface area contributed by atoms with E-state index in [-0.39, 0.29) is 35.7 Å². The second-order valence-electron chi connectivity index (χ2n) is 10.6. The van der Waals surface area contributed by atoms with Gasteiger partial charge in [-0.15, -0.1) is 0 Å². The van der Waals surface area contributed by atoms with Gasteiger partial charge in [-0.3, -0.25) is 4.79 Å². The topological polar surface area (TPSA) is 62.3 Å². The Morgan fingerprint density at radius 1 is 1.24 bits per heavy atom. The number of allylic oxidation sites excluding steroid dienone is 1. The smallest absolute Gasteiger partial charge is 0.416 e. The maximum Gasteiger partial charge on any atom is 0.416 e. The predicted octanol–water partition coefficient (Wildman–Crippen LogP) is 6.08. The van der Waals surface area contributed by atoms with Crippen LogP contribution in [0.15, 0.2) is 42.5 Å². The van der Waals surface area contributed by atoms with Crippen molar-refractivity contribution < 1.29 is 27.8 Å². The first-order valence-corrected chi connectivity index (χ1v) is 12.0. The molecule has 2 aromatic rings. The molecule has 0 bridgehead atoms. The summed E-state index contributed by atoms with van der Waals surface area (Å²) in [6.07, 6.45) is 2.67. The molecular weight excluding hydrogens is 443 g/mol. The summed E-state index contributed by atoms with van der Waals surface area (Å²) < 4.78 is 44.9. The lowest BCUT2D eigenvalue weighted by Gasteiger charge is -2.49. The van der Waals surface area contributed by atoms with Crippen LogP contribution in [0.4, 0.5) is 13.2 Å². The van der Waals surface area contributed by atoms with E-state index in [1.165, 1.54) is 6.07 Å². The number of fused-ring (bicyclic) bond motifs is 2. The van der Waals surface area contributed by atoms with E-state index in [0.29, 0.717) is 23.6 Å². The Balaban J connectivity index is 1.41. The number of nitrogens with one attached hydrogen (secondary N) is 1. The predicted molar refractivity (Wildman–Crippen MR) is 122 cm³/mol. The summed E-state index contributed by atoms with van der Waals surface area (Å²) >= 11 is 0. The van der Waals surface area contributed by atoms with Crippen LogP contribution >= 0.6 is 0 Å². The van der Waals surface area contributed by atoms with Gasteiger partial charge in [-0.25, -0.2) is 0 Å². The van der Waals surface area contributed by atoms with Gasteiger partial charge < -0.3 is 14.8 Å². The van der Waals surface area contributed by atoms with Crippen molar-refractivity contribution in [2.24, 2.45) is 29.6 Å². The summed E-state index contributed by atoms with van der Waals surface area (Å²) in [6.45, 7) is 3.84. The molecule has 1 aliphatic heterocycles. The van der Waals surface area contributed by atoms with E-state index < -0.39 is 17.3 Å². The second-order valence-corrected chi connectivity index (χ2v) is 10.6. The summed E-state index contributed by atoms with van der Waals surface area (Å²) in [7, 11) is 0. The molecule has 7 atom stereocenters. The van der Waals surface area contributed by atoms with Crippen molar-refractivity contribution in [3.63, 3.8) is 0 Å². The Labute approximate surface area is 197 Å². The summed E-state index contributed by atoms with van der Waals surface area (Å²) in [5, 5.41) is 10.6. The molecule has 7 heteroatoms. The van der Waals surface area contributed by atoms with Crippen LogP contribution in [0.25, 0.3) is 17.3 Å². The molecule has 0 radical (unpaired) electrons. The molecule has 5 rings (SSSR count). The van der Waals surface area contributed by atoms with Crippen LogP contribution < -0.4 is 0 Å². The number of cyclic esters (lactones) is 1. The van der Waals surface area contributed by atoms with Gasteiger partial charge >= 0.3 is 12.1 Å². The molecule has 3 fully saturated rings. The van der Waals surface area contributed by atoms with Crippen LogP contribution in [0, 0.1) is 29.6 Å². The largest absolute Gasteiger partial charge is 0.462 e. The molecule has 2 saturated carbocycles. The molecule has 2 N–H and O–H groups in total. The van der Waals surface area contributed by atoms with Crippen molar-refractivity contribution in [2.75, 3.05) is 0 Å². The average Bonchev–Trinajstić information content (AvgIpc) is 3.34. The maximum absolute atomic E-state index is 13.1. The van der Waals surface area contributed by atoms with Crippen LogP contribution in [0.2, 0.25) is 0 Å². The second kappa shape index (κ2) is 8.29. The number of aliphatic hydroxyl groups is 1. The Hall–Kier alpha value is -2.54. The third-order valence-electron chi connectivity index (χ3n) is 8.14. The molecule has 2 aliphatic carbocycles. The van der Waals surface area contributed by atoms with Crippen LogP contribution in [0.3, 0.4) is 0 Å². The number of halogens is 3. The number of carbonyl (C=O) groups excluding carboxylic acids is 1. The lowest BCUT2D eigenvalue weighted by Crippen LogP contribution is -2.47. The van der Waals surface area contributed by atoms with E-state index in [4.69, 9.17) is 4.74 Å². The van der Waals surface area contributed by atoms with E-state index in [2.05, 4.69) is 11.1 Å². The summed E-state index contributed by atoms with van der Waals surface area (Å²) in [4.78, 5) is 15.8. The quantitative estimate of drug-likeness (QED) is 0.531. The molecule has 0 spiro atoms. The zero-order chi connectivity index (χ0) is 24.3. The van der Waals surface area contributed by atoms with Crippen LogP contribution in [-0.2, 0) is 15.7 Å². The number of rotatable bonds is 3. The van der Waals surface area contributed by atoms with Crippen molar-refractivity contribution >= 4 is 12.0 Å². The number of aromatic nitrogens is 1. The zero-order valence-corrected chi connectivity index (χ0v) is 19.3. The first-order chi connectivity index (χ1) is 16.0. The normalized spacial score (nSPS) is 35.8. The van der Waals surface area contributed by atoms with Gasteiger partial charge in [0.05, 0.1) is 17.1 Å². The van der Waals surface area contributed by atoms with Crippen LogP contribution in [0.1, 0.15) is 50.8 Å². The molecular formula is C27H30F3NO3. The minimum absolute atomic E-state index is 0.103. The van der Waals surface area contributed by atoms with Crippen molar-refractivity contribution in [3.05, 3.63) is 53.7 Å². The molecule has 2 heterocycles. The van der Waals surface area contributed by atoms with Crippen molar-refractivity contribution in [1.29, 1.82) is 0 Å². The fourth-order valence-corrected chi connectivity index (χ4v) is 6.60. The molecule has 1 saturated heterocycles. The minimum atomic E-state index is -4.39.